The van der Waals surface area contributed by atoms with Crippen LogP contribution in [0, 0.1) is 0 Å². The first-order chi connectivity index (χ1) is 20.5. The molecule has 10 heteroatoms. The van der Waals surface area contributed by atoms with Gasteiger partial charge in [0.25, 0.3) is 0 Å². The highest BCUT2D eigenvalue weighted by atomic mass is 16.6. The van der Waals surface area contributed by atoms with Crippen LogP contribution in [0.4, 0.5) is 0 Å². The molecule has 0 bridgehead atoms. The summed E-state index contributed by atoms with van der Waals surface area (Å²) in [6.07, 6.45) is 2.25. The van der Waals surface area contributed by atoms with Crippen molar-refractivity contribution in [2.75, 3.05) is 78.8 Å². The zero-order chi connectivity index (χ0) is 29.1. The number of morpholine rings is 2. The number of hydrogen-bond acceptors (Lipinski definition) is 8. The minimum atomic E-state index is -0.502. The summed E-state index contributed by atoms with van der Waals surface area (Å²) in [5.74, 6) is -0.0319. The molecule has 0 radical (unpaired) electrons. The van der Waals surface area contributed by atoms with Crippen molar-refractivity contribution in [2.45, 2.75) is 38.1 Å². The fourth-order valence-electron chi connectivity index (χ4n) is 5.71. The maximum atomic E-state index is 11.7. The Hall–Kier alpha value is -2.86. The van der Waals surface area contributed by atoms with Gasteiger partial charge in [-0.3, -0.25) is 19.4 Å². The molecule has 7 rings (SSSR count). The van der Waals surface area contributed by atoms with Crippen molar-refractivity contribution in [1.82, 2.24) is 20.0 Å². The summed E-state index contributed by atoms with van der Waals surface area (Å²) in [4.78, 5) is 28.4. The minimum absolute atomic E-state index is 0.00810. The van der Waals surface area contributed by atoms with Crippen molar-refractivity contribution in [3.8, 4) is 0 Å². The smallest absolute Gasteiger partial charge is 0.248 e. The molecule has 2 aromatic rings. The molecule has 0 spiro atoms. The van der Waals surface area contributed by atoms with E-state index in [4.69, 9.17) is 14.2 Å². The Morgan fingerprint density at radius 3 is 2.00 bits per heavy atom. The molecule has 5 heterocycles. The highest BCUT2D eigenvalue weighted by molar-refractivity contribution is 5.78. The molecular formula is C32H44N4O6. The van der Waals surface area contributed by atoms with Gasteiger partial charge < -0.3 is 29.5 Å². The Bertz CT molecular complexity index is 1170. The van der Waals surface area contributed by atoms with Crippen molar-refractivity contribution in [3.05, 3.63) is 70.8 Å². The Kier molecular flexibility index (Phi) is 11.3. The fourth-order valence-corrected chi connectivity index (χ4v) is 5.71. The monoisotopic (exact) mass is 580 g/mol. The summed E-state index contributed by atoms with van der Waals surface area (Å²) < 4.78 is 15.1. The molecule has 228 valence electrons. The first kappa shape index (κ1) is 30.6. The number of β-amino-alcohol motifs (C(OH)–C–C–N with tert-alkyl or cyclic N) is 1. The molecule has 2 atom stereocenters. The van der Waals surface area contributed by atoms with Gasteiger partial charge in [-0.15, -0.1) is 0 Å². The molecule has 3 saturated heterocycles. The first-order valence-corrected chi connectivity index (χ1v) is 15.1. The lowest BCUT2D eigenvalue weighted by atomic mass is 10.00. The van der Waals surface area contributed by atoms with E-state index >= 15 is 0 Å². The van der Waals surface area contributed by atoms with Gasteiger partial charge in [-0.1, -0.05) is 48.5 Å². The first-order valence-electron chi connectivity index (χ1n) is 15.1. The van der Waals surface area contributed by atoms with Crippen molar-refractivity contribution in [2.24, 2.45) is 0 Å². The van der Waals surface area contributed by atoms with Gasteiger partial charge in [0.15, 0.2) is 0 Å². The number of aliphatic hydroxyl groups excluding tert-OH is 1. The molecule has 5 aliphatic rings. The summed E-state index contributed by atoms with van der Waals surface area (Å²) in [6, 6.07) is 17.2. The van der Waals surface area contributed by atoms with E-state index in [1.165, 1.54) is 35.2 Å². The highest BCUT2D eigenvalue weighted by Crippen LogP contribution is 2.21. The average Bonchev–Trinajstić information content (AvgIpc) is 3.83. The second-order valence-electron chi connectivity index (χ2n) is 11.4. The summed E-state index contributed by atoms with van der Waals surface area (Å²) in [5.41, 5.74) is 5.78. The number of rotatable bonds is 6. The number of epoxide rings is 1. The number of ether oxygens (including phenoxy) is 3. The molecule has 5 aliphatic heterocycles. The van der Waals surface area contributed by atoms with Gasteiger partial charge in [0, 0.05) is 58.9 Å². The lowest BCUT2D eigenvalue weighted by Crippen LogP contribution is -2.48. The Morgan fingerprint density at radius 1 is 0.810 bits per heavy atom. The predicted molar refractivity (Wildman–Crippen MR) is 158 cm³/mol. The van der Waals surface area contributed by atoms with E-state index in [9.17, 15) is 14.7 Å². The van der Waals surface area contributed by atoms with E-state index < -0.39 is 6.10 Å². The molecule has 0 aromatic heterocycles. The molecule has 3 fully saturated rings. The van der Waals surface area contributed by atoms with Gasteiger partial charge in [-0.2, -0.15) is 0 Å². The van der Waals surface area contributed by atoms with Gasteiger partial charge in [0.1, 0.15) is 13.2 Å². The van der Waals surface area contributed by atoms with Gasteiger partial charge >= 0.3 is 0 Å². The van der Waals surface area contributed by atoms with Crippen LogP contribution >= 0.6 is 0 Å². The van der Waals surface area contributed by atoms with Crippen molar-refractivity contribution in [1.29, 1.82) is 0 Å². The van der Waals surface area contributed by atoms with Crippen LogP contribution < -0.4 is 5.32 Å². The summed E-state index contributed by atoms with van der Waals surface area (Å²) in [5, 5.41) is 12.9. The number of aliphatic hydroxyl groups is 1. The number of carbonyl (C=O) groups excluding carboxylic acids is 2. The van der Waals surface area contributed by atoms with Gasteiger partial charge in [-0.05, 0) is 35.1 Å². The number of benzene rings is 2. The summed E-state index contributed by atoms with van der Waals surface area (Å²) >= 11 is 0. The molecule has 0 saturated carbocycles. The van der Waals surface area contributed by atoms with Crippen LogP contribution in [-0.2, 0) is 49.7 Å². The Balaban J connectivity index is 0.000000143. The third-order valence-electron chi connectivity index (χ3n) is 8.07. The van der Waals surface area contributed by atoms with E-state index in [0.717, 1.165) is 39.2 Å². The number of hydrogen-bond donors (Lipinski definition) is 2. The average molecular weight is 581 g/mol. The number of fused-ring (bicyclic) bond motifs is 2. The molecule has 2 amide bonds. The van der Waals surface area contributed by atoms with Crippen LogP contribution in [0.1, 0.15) is 22.3 Å². The molecule has 2 N–H and O–H groups in total. The minimum Gasteiger partial charge on any atom is -0.390 e. The molecule has 10 nitrogen and oxygen atoms in total. The number of nitrogens with zero attached hydrogens (tertiary/aromatic N) is 3. The second-order valence-corrected chi connectivity index (χ2v) is 11.4. The maximum absolute atomic E-state index is 11.7. The van der Waals surface area contributed by atoms with E-state index in [-0.39, 0.29) is 25.0 Å². The zero-order valence-electron chi connectivity index (χ0n) is 24.4. The second kappa shape index (κ2) is 15.6. The number of carbonyl (C=O) groups is 2. The third kappa shape index (κ3) is 9.58. The maximum Gasteiger partial charge on any atom is 0.248 e. The Morgan fingerprint density at radius 2 is 1.43 bits per heavy atom. The van der Waals surface area contributed by atoms with Gasteiger partial charge in [0.2, 0.25) is 11.8 Å². The van der Waals surface area contributed by atoms with Crippen LogP contribution in [0.15, 0.2) is 48.5 Å². The Labute approximate surface area is 248 Å². The standard InChI is InChI=1S/C16H22N2O3.C12H15NO.C4H7NO2/c19-15(11-18-7-8-21-12-16(18)20)10-17-6-5-13-3-1-2-4-14(13)9-17;1-2-4-11-7-13(8-12-9-14-12)6-5-10(11)3-1;6-4-3-7-2-1-5-4/h1-4,15,19H,5-12H2;1-4,12H,5-9H2;1-3H2,(H,5,6). The summed E-state index contributed by atoms with van der Waals surface area (Å²) in [7, 11) is 0. The predicted octanol–water partition coefficient (Wildman–Crippen LogP) is 0.841. The van der Waals surface area contributed by atoms with Gasteiger partial charge in [-0.25, -0.2) is 0 Å². The lowest BCUT2D eigenvalue weighted by molar-refractivity contribution is -0.144. The molecular weight excluding hydrogens is 536 g/mol. The van der Waals surface area contributed by atoms with Crippen LogP contribution in [0.2, 0.25) is 0 Å². The van der Waals surface area contributed by atoms with E-state index in [1.807, 2.05) is 0 Å². The highest BCUT2D eigenvalue weighted by Gasteiger charge is 2.27. The summed E-state index contributed by atoms with van der Waals surface area (Å²) in [6.45, 7) is 10.1. The number of nitrogens with one attached hydrogen (secondary N) is 1. The quantitative estimate of drug-likeness (QED) is 0.485. The topological polar surface area (TPSA) is 107 Å². The van der Waals surface area contributed by atoms with Crippen molar-refractivity contribution in [3.63, 3.8) is 0 Å². The zero-order valence-corrected chi connectivity index (χ0v) is 24.4. The largest absolute Gasteiger partial charge is 0.390 e. The molecule has 2 unspecified atom stereocenters. The molecule has 0 aliphatic carbocycles. The van der Waals surface area contributed by atoms with Crippen molar-refractivity contribution < 1.29 is 28.9 Å². The van der Waals surface area contributed by atoms with E-state index in [2.05, 4.69) is 63.6 Å². The lowest BCUT2D eigenvalue weighted by Gasteiger charge is -2.33. The van der Waals surface area contributed by atoms with Crippen LogP contribution in [-0.4, -0.2) is 123 Å². The van der Waals surface area contributed by atoms with Gasteiger partial charge in [0.05, 0.1) is 32.0 Å². The fraction of sp³-hybridized carbons (Fsp3) is 0.562. The molecule has 42 heavy (non-hydrogen) atoms. The number of amides is 2. The van der Waals surface area contributed by atoms with Crippen LogP contribution in [0.3, 0.4) is 0 Å². The van der Waals surface area contributed by atoms with Crippen LogP contribution in [0.25, 0.3) is 0 Å². The van der Waals surface area contributed by atoms with E-state index in [1.54, 1.807) is 4.90 Å². The third-order valence-corrected chi connectivity index (χ3v) is 8.07. The molecule has 2 aromatic carbocycles. The van der Waals surface area contributed by atoms with E-state index in [0.29, 0.717) is 45.5 Å². The normalized spacial score (nSPS) is 22.8. The van der Waals surface area contributed by atoms with Crippen LogP contribution in [0.5, 0.6) is 0 Å². The SMILES string of the molecule is O=C1COCCN1.O=C1COCCN1CC(O)CN1CCc2ccccc2C1.c1ccc2c(c1)CCN(CC1CO1)C2. The van der Waals surface area contributed by atoms with Crippen molar-refractivity contribution >= 4 is 11.8 Å².